The summed E-state index contributed by atoms with van der Waals surface area (Å²) in [6.45, 7) is 2.65. The van der Waals surface area contributed by atoms with Gasteiger partial charge in [0.1, 0.15) is 0 Å². The van der Waals surface area contributed by atoms with Crippen LogP contribution in [0.1, 0.15) is 38.2 Å². The maximum Gasteiger partial charge on any atom is 0.416 e. The van der Waals surface area contributed by atoms with Crippen molar-refractivity contribution in [1.29, 1.82) is 0 Å². The number of benzene rings is 1. The van der Waals surface area contributed by atoms with Gasteiger partial charge >= 0.3 is 6.18 Å². The highest BCUT2D eigenvalue weighted by Gasteiger charge is 2.29. The summed E-state index contributed by atoms with van der Waals surface area (Å²) >= 11 is 0. The van der Waals surface area contributed by atoms with E-state index in [1.54, 1.807) is 0 Å². The third-order valence-electron chi connectivity index (χ3n) is 3.43. The summed E-state index contributed by atoms with van der Waals surface area (Å²) in [4.78, 5) is 11.8. The Bertz CT molecular complexity index is 443. The molecule has 0 aliphatic heterocycles. The molecule has 1 unspecified atom stereocenters. The normalized spacial score (nSPS) is 13.0. The Kier molecular flexibility index (Phi) is 6.68. The van der Waals surface area contributed by atoms with Gasteiger partial charge in [-0.1, -0.05) is 13.3 Å². The second-order valence-corrected chi connectivity index (χ2v) is 5.01. The molecule has 0 heterocycles. The molecule has 0 radical (unpaired) electrons. The Morgan fingerprint density at radius 1 is 1.24 bits per heavy atom. The minimum Gasteiger partial charge on any atom is -0.330 e. The van der Waals surface area contributed by atoms with Gasteiger partial charge in [0.05, 0.1) is 5.56 Å². The lowest BCUT2D eigenvalue weighted by atomic mass is 9.96. The molecule has 1 aromatic rings. The molecule has 118 valence electrons. The summed E-state index contributed by atoms with van der Waals surface area (Å²) < 4.78 is 37.2. The minimum atomic E-state index is -4.36. The fourth-order valence-electron chi connectivity index (χ4n) is 2.09. The van der Waals surface area contributed by atoms with Gasteiger partial charge in [-0.05, 0) is 49.6 Å². The first kappa shape index (κ1) is 17.5. The Morgan fingerprint density at radius 2 is 1.86 bits per heavy atom. The third-order valence-corrected chi connectivity index (χ3v) is 3.43. The second kappa shape index (κ2) is 8.02. The Labute approximate surface area is 122 Å². The molecule has 0 spiro atoms. The van der Waals surface area contributed by atoms with E-state index < -0.39 is 11.7 Å². The molecule has 1 atom stereocenters. The van der Waals surface area contributed by atoms with E-state index >= 15 is 0 Å². The third kappa shape index (κ3) is 6.16. The summed E-state index contributed by atoms with van der Waals surface area (Å²) in [5.74, 6) is 0.221. The van der Waals surface area contributed by atoms with Gasteiger partial charge in [-0.3, -0.25) is 4.79 Å². The lowest BCUT2D eigenvalue weighted by molar-refractivity contribution is -0.137. The Hall–Kier alpha value is -1.56. The van der Waals surface area contributed by atoms with E-state index in [0.29, 0.717) is 24.6 Å². The van der Waals surface area contributed by atoms with Crippen LogP contribution in [-0.4, -0.2) is 12.5 Å². The first-order valence-electron chi connectivity index (χ1n) is 7.04. The van der Waals surface area contributed by atoms with E-state index in [0.717, 1.165) is 31.4 Å². The van der Waals surface area contributed by atoms with Crippen molar-refractivity contribution in [2.45, 2.75) is 38.8 Å². The summed E-state index contributed by atoms with van der Waals surface area (Å²) in [5.41, 5.74) is 5.14. The van der Waals surface area contributed by atoms with E-state index in [2.05, 4.69) is 5.32 Å². The lowest BCUT2D eigenvalue weighted by Crippen LogP contribution is -2.15. The van der Waals surface area contributed by atoms with Crippen molar-refractivity contribution in [2.24, 2.45) is 11.7 Å². The molecule has 1 aromatic carbocycles. The van der Waals surface area contributed by atoms with Crippen LogP contribution in [0.3, 0.4) is 0 Å². The van der Waals surface area contributed by atoms with Crippen molar-refractivity contribution < 1.29 is 18.0 Å². The maximum absolute atomic E-state index is 12.4. The molecule has 0 aromatic heterocycles. The van der Waals surface area contributed by atoms with Gasteiger partial charge in [0, 0.05) is 12.1 Å². The molecule has 1 rings (SSSR count). The highest BCUT2D eigenvalue weighted by Crippen LogP contribution is 2.29. The van der Waals surface area contributed by atoms with Crippen LogP contribution in [-0.2, 0) is 11.0 Å². The molecular weight excluding hydrogens is 281 g/mol. The number of alkyl halides is 3. The van der Waals surface area contributed by atoms with Crippen molar-refractivity contribution in [3.05, 3.63) is 29.8 Å². The van der Waals surface area contributed by atoms with Crippen LogP contribution >= 0.6 is 0 Å². The Morgan fingerprint density at radius 3 is 2.33 bits per heavy atom. The largest absolute Gasteiger partial charge is 0.416 e. The number of hydrogen-bond acceptors (Lipinski definition) is 2. The van der Waals surface area contributed by atoms with Crippen molar-refractivity contribution >= 4 is 11.6 Å². The van der Waals surface area contributed by atoms with Crippen molar-refractivity contribution in [3.8, 4) is 0 Å². The molecule has 0 fully saturated rings. The zero-order valence-corrected chi connectivity index (χ0v) is 12.0. The number of nitrogens with two attached hydrogens (primary N) is 1. The molecule has 21 heavy (non-hydrogen) atoms. The fraction of sp³-hybridized carbons (Fsp3) is 0.533. The zero-order chi connectivity index (χ0) is 15.9. The number of carbonyl (C=O) groups excluding carboxylic acids is 1. The van der Waals surface area contributed by atoms with Crippen LogP contribution in [0.4, 0.5) is 18.9 Å². The second-order valence-electron chi connectivity index (χ2n) is 5.01. The van der Waals surface area contributed by atoms with Gasteiger partial charge < -0.3 is 11.1 Å². The quantitative estimate of drug-likeness (QED) is 0.805. The van der Waals surface area contributed by atoms with Crippen LogP contribution < -0.4 is 11.1 Å². The van der Waals surface area contributed by atoms with Gasteiger partial charge in [-0.25, -0.2) is 0 Å². The van der Waals surface area contributed by atoms with Crippen LogP contribution in [0.25, 0.3) is 0 Å². The van der Waals surface area contributed by atoms with Crippen LogP contribution in [0.5, 0.6) is 0 Å². The minimum absolute atomic E-state index is 0.190. The molecule has 0 bridgehead atoms. The lowest BCUT2D eigenvalue weighted by Gasteiger charge is -2.13. The van der Waals surface area contributed by atoms with Crippen LogP contribution in [0.2, 0.25) is 0 Å². The fourth-order valence-corrected chi connectivity index (χ4v) is 2.09. The summed E-state index contributed by atoms with van der Waals surface area (Å²) in [6.07, 6.45) is -1.44. The number of amides is 1. The molecule has 3 N–H and O–H groups in total. The van der Waals surface area contributed by atoms with Gasteiger partial charge in [-0.15, -0.1) is 0 Å². The monoisotopic (exact) mass is 302 g/mol. The predicted molar refractivity (Wildman–Crippen MR) is 76.8 cm³/mol. The Balaban J connectivity index is 2.48. The number of rotatable bonds is 7. The molecule has 0 aliphatic carbocycles. The van der Waals surface area contributed by atoms with E-state index in [9.17, 15) is 18.0 Å². The standard InChI is InChI=1S/C15H21F3N2O/c1-2-11(9-10-19)3-8-14(21)20-13-6-4-12(5-7-13)15(16,17)18/h4-7,11H,2-3,8-10,19H2,1H3,(H,20,21). The molecule has 6 heteroatoms. The molecule has 3 nitrogen and oxygen atoms in total. The summed E-state index contributed by atoms with van der Waals surface area (Å²) in [5, 5.41) is 2.60. The topological polar surface area (TPSA) is 55.1 Å². The number of anilines is 1. The van der Waals surface area contributed by atoms with Gasteiger partial charge in [-0.2, -0.15) is 13.2 Å². The zero-order valence-electron chi connectivity index (χ0n) is 12.0. The number of nitrogens with one attached hydrogen (secondary N) is 1. The number of hydrogen-bond donors (Lipinski definition) is 2. The average molecular weight is 302 g/mol. The first-order valence-corrected chi connectivity index (χ1v) is 7.04. The molecule has 0 aliphatic rings. The van der Waals surface area contributed by atoms with Crippen LogP contribution in [0.15, 0.2) is 24.3 Å². The maximum atomic E-state index is 12.4. The van der Waals surface area contributed by atoms with Crippen LogP contribution in [0, 0.1) is 5.92 Å². The van der Waals surface area contributed by atoms with E-state index in [1.165, 1.54) is 12.1 Å². The number of halogens is 3. The highest BCUT2D eigenvalue weighted by atomic mass is 19.4. The summed E-state index contributed by atoms with van der Waals surface area (Å²) in [6, 6.07) is 4.44. The van der Waals surface area contributed by atoms with E-state index in [-0.39, 0.29) is 5.91 Å². The molecule has 0 saturated heterocycles. The van der Waals surface area contributed by atoms with Gasteiger partial charge in [0.15, 0.2) is 0 Å². The van der Waals surface area contributed by atoms with Crippen molar-refractivity contribution in [2.75, 3.05) is 11.9 Å². The van der Waals surface area contributed by atoms with Crippen molar-refractivity contribution in [3.63, 3.8) is 0 Å². The first-order chi connectivity index (χ1) is 9.86. The van der Waals surface area contributed by atoms with Crippen molar-refractivity contribution in [1.82, 2.24) is 0 Å². The van der Waals surface area contributed by atoms with Gasteiger partial charge in [0.2, 0.25) is 5.91 Å². The smallest absolute Gasteiger partial charge is 0.330 e. The number of carbonyl (C=O) groups is 1. The predicted octanol–water partition coefficient (Wildman–Crippen LogP) is 3.80. The molecule has 0 saturated carbocycles. The molecule has 1 amide bonds. The molecular formula is C15H21F3N2O. The SMILES string of the molecule is CCC(CCN)CCC(=O)Nc1ccc(C(F)(F)F)cc1. The van der Waals surface area contributed by atoms with E-state index in [1.807, 2.05) is 6.92 Å². The highest BCUT2D eigenvalue weighted by molar-refractivity contribution is 5.90. The summed E-state index contributed by atoms with van der Waals surface area (Å²) in [7, 11) is 0. The van der Waals surface area contributed by atoms with E-state index in [4.69, 9.17) is 5.73 Å². The average Bonchev–Trinajstić information content (AvgIpc) is 2.43. The van der Waals surface area contributed by atoms with Gasteiger partial charge in [0.25, 0.3) is 0 Å².